The zero-order chi connectivity index (χ0) is 19.0. The molecule has 1 aromatic rings. The number of benzene rings is 1. The first-order chi connectivity index (χ1) is 13.1. The van der Waals surface area contributed by atoms with E-state index in [9.17, 15) is 4.79 Å². The Bertz CT molecular complexity index is 763. The van der Waals surface area contributed by atoms with E-state index in [4.69, 9.17) is 14.2 Å². The third kappa shape index (κ3) is 2.91. The quantitative estimate of drug-likeness (QED) is 0.634. The lowest BCUT2D eigenvalue weighted by Crippen LogP contribution is -2.47. The van der Waals surface area contributed by atoms with Crippen LogP contribution < -0.4 is 19.7 Å². The topological polar surface area (TPSA) is 60.0 Å². The Morgan fingerprint density at radius 3 is 3.07 bits per heavy atom. The summed E-state index contributed by atoms with van der Waals surface area (Å²) in [6.07, 6.45) is 7.18. The third-order valence-corrected chi connectivity index (χ3v) is 6.00. The van der Waals surface area contributed by atoms with Crippen LogP contribution in [0, 0.1) is 0 Å². The first-order valence-corrected chi connectivity index (χ1v) is 9.82. The number of nitrogens with zero attached hydrogens (tertiary/aromatic N) is 1. The molecule has 4 rings (SSSR count). The van der Waals surface area contributed by atoms with E-state index >= 15 is 0 Å². The van der Waals surface area contributed by atoms with Crippen molar-refractivity contribution >= 4 is 11.8 Å². The summed E-state index contributed by atoms with van der Waals surface area (Å²) in [6.45, 7) is 3.70. The maximum absolute atomic E-state index is 12.0. The zero-order valence-corrected chi connectivity index (χ0v) is 16.3. The van der Waals surface area contributed by atoms with E-state index in [1.165, 1.54) is 11.3 Å². The van der Waals surface area contributed by atoms with Crippen molar-refractivity contribution in [3.63, 3.8) is 0 Å². The number of carbonyl (C=O) groups excluding carboxylic acids is 1. The van der Waals surface area contributed by atoms with E-state index in [0.29, 0.717) is 13.0 Å². The Labute approximate surface area is 160 Å². The first-order valence-electron chi connectivity index (χ1n) is 9.82. The number of methoxy groups -OCH3 is 1. The maximum atomic E-state index is 12.0. The normalized spacial score (nSPS) is 27.4. The SMILES string of the molecule is CCCCNC(=O)O[C@H]1C=C[C@@]23CCN(C)c4ccc(OC)c(c42)O[C@H]3C1. The molecule has 1 aliphatic carbocycles. The van der Waals surface area contributed by atoms with Gasteiger partial charge in [-0.2, -0.15) is 0 Å². The number of hydrogen-bond donors (Lipinski definition) is 1. The molecular weight excluding hydrogens is 344 g/mol. The van der Waals surface area contributed by atoms with Crippen molar-refractivity contribution in [1.82, 2.24) is 5.32 Å². The molecule has 0 radical (unpaired) electrons. The smallest absolute Gasteiger partial charge is 0.407 e. The lowest BCUT2D eigenvalue weighted by atomic mass is 9.67. The van der Waals surface area contributed by atoms with E-state index in [1.807, 2.05) is 12.1 Å². The predicted octanol–water partition coefficient (Wildman–Crippen LogP) is 3.39. The summed E-state index contributed by atoms with van der Waals surface area (Å²) in [4.78, 5) is 14.3. The summed E-state index contributed by atoms with van der Waals surface area (Å²) >= 11 is 0. The van der Waals surface area contributed by atoms with Crippen molar-refractivity contribution < 1.29 is 19.0 Å². The van der Waals surface area contributed by atoms with Crippen molar-refractivity contribution in [2.45, 2.75) is 50.2 Å². The average Bonchev–Trinajstić information content (AvgIpc) is 3.00. The molecule has 27 heavy (non-hydrogen) atoms. The summed E-state index contributed by atoms with van der Waals surface area (Å²) < 4.78 is 17.5. The highest BCUT2D eigenvalue weighted by atomic mass is 16.6. The van der Waals surface area contributed by atoms with E-state index in [0.717, 1.165) is 37.3 Å². The standard InChI is InChI=1S/C21H28N2O4/c1-4-5-11-22-20(24)26-14-8-9-21-10-12-23(2)15-6-7-16(25-3)19(18(15)21)27-17(21)13-14/h6-9,14,17H,4-5,10-13H2,1-3H3,(H,22,24)/t14-,17-,21-/m0/s1. The van der Waals surface area contributed by atoms with Gasteiger partial charge in [0.25, 0.3) is 0 Å². The molecule has 0 saturated carbocycles. The first kappa shape index (κ1) is 18.0. The van der Waals surface area contributed by atoms with Crippen LogP contribution in [0.25, 0.3) is 0 Å². The number of rotatable bonds is 5. The highest BCUT2D eigenvalue weighted by molar-refractivity contribution is 5.72. The van der Waals surface area contributed by atoms with Gasteiger partial charge in [0.2, 0.25) is 0 Å². The summed E-state index contributed by atoms with van der Waals surface area (Å²) in [7, 11) is 3.78. The monoisotopic (exact) mass is 372 g/mol. The Hall–Kier alpha value is -2.37. The van der Waals surface area contributed by atoms with Crippen LogP contribution in [0.5, 0.6) is 11.5 Å². The van der Waals surface area contributed by atoms with Gasteiger partial charge in [-0.25, -0.2) is 4.79 Å². The second-order valence-electron chi connectivity index (χ2n) is 7.63. The largest absolute Gasteiger partial charge is 0.493 e. The van der Waals surface area contributed by atoms with Gasteiger partial charge in [-0.15, -0.1) is 0 Å². The summed E-state index contributed by atoms with van der Waals surface area (Å²) in [5.74, 6) is 1.60. The molecule has 3 aliphatic rings. The molecule has 1 N–H and O–H groups in total. The molecule has 1 spiro atoms. The minimum Gasteiger partial charge on any atom is -0.493 e. The second-order valence-corrected chi connectivity index (χ2v) is 7.63. The molecule has 1 aromatic carbocycles. The van der Waals surface area contributed by atoms with Gasteiger partial charge in [-0.1, -0.05) is 19.4 Å². The maximum Gasteiger partial charge on any atom is 0.407 e. The van der Waals surface area contributed by atoms with Crippen molar-refractivity contribution in [3.05, 3.63) is 29.8 Å². The summed E-state index contributed by atoms with van der Waals surface area (Å²) in [5, 5.41) is 2.81. The number of unbranched alkanes of at least 4 members (excludes halogenated alkanes) is 1. The molecule has 146 valence electrons. The van der Waals surface area contributed by atoms with Gasteiger partial charge in [0.15, 0.2) is 11.5 Å². The van der Waals surface area contributed by atoms with Gasteiger partial charge in [0.05, 0.1) is 12.5 Å². The van der Waals surface area contributed by atoms with Gasteiger partial charge in [0.1, 0.15) is 12.2 Å². The van der Waals surface area contributed by atoms with Crippen LogP contribution in [0.2, 0.25) is 0 Å². The number of alkyl carbamates (subject to hydrolysis) is 1. The molecule has 0 unspecified atom stereocenters. The number of carbonyl (C=O) groups is 1. The second kappa shape index (κ2) is 6.98. The molecular formula is C21H28N2O4. The molecule has 0 bridgehead atoms. The summed E-state index contributed by atoms with van der Waals surface area (Å²) in [6, 6.07) is 4.09. The molecule has 2 heterocycles. The van der Waals surface area contributed by atoms with Gasteiger partial charge in [-0.3, -0.25) is 0 Å². The fourth-order valence-electron chi connectivity index (χ4n) is 4.50. The lowest BCUT2D eigenvalue weighted by molar-refractivity contribution is 0.0619. The number of amides is 1. The Kier molecular flexibility index (Phi) is 4.66. The van der Waals surface area contributed by atoms with Crippen LogP contribution in [0.1, 0.15) is 38.2 Å². The Morgan fingerprint density at radius 2 is 2.30 bits per heavy atom. The van der Waals surface area contributed by atoms with Gasteiger partial charge >= 0.3 is 6.09 Å². The van der Waals surface area contributed by atoms with Crippen LogP contribution in [0.4, 0.5) is 10.5 Å². The number of nitrogens with one attached hydrogen (secondary N) is 1. The number of anilines is 1. The fourth-order valence-corrected chi connectivity index (χ4v) is 4.50. The average molecular weight is 372 g/mol. The van der Waals surface area contributed by atoms with Crippen LogP contribution in [0.15, 0.2) is 24.3 Å². The zero-order valence-electron chi connectivity index (χ0n) is 16.3. The third-order valence-electron chi connectivity index (χ3n) is 6.00. The van der Waals surface area contributed by atoms with Crippen LogP contribution in [0.3, 0.4) is 0 Å². The fraction of sp³-hybridized carbons (Fsp3) is 0.571. The van der Waals surface area contributed by atoms with Gasteiger partial charge < -0.3 is 24.4 Å². The van der Waals surface area contributed by atoms with Gasteiger partial charge in [-0.05, 0) is 31.1 Å². The van der Waals surface area contributed by atoms with E-state index in [1.54, 1.807) is 7.11 Å². The minimum atomic E-state index is -0.355. The molecule has 6 heteroatoms. The van der Waals surface area contributed by atoms with Crippen molar-refractivity contribution in [3.8, 4) is 11.5 Å². The number of hydrogen-bond acceptors (Lipinski definition) is 5. The van der Waals surface area contributed by atoms with E-state index in [-0.39, 0.29) is 23.7 Å². The molecule has 0 fully saturated rings. The number of ether oxygens (including phenoxy) is 3. The lowest BCUT2D eigenvalue weighted by Gasteiger charge is -2.42. The van der Waals surface area contributed by atoms with Crippen molar-refractivity contribution in [2.75, 3.05) is 32.1 Å². The van der Waals surface area contributed by atoms with Crippen LogP contribution in [-0.4, -0.2) is 45.5 Å². The molecule has 6 nitrogen and oxygen atoms in total. The van der Waals surface area contributed by atoms with Crippen LogP contribution >= 0.6 is 0 Å². The van der Waals surface area contributed by atoms with E-state index < -0.39 is 0 Å². The van der Waals surface area contributed by atoms with Gasteiger partial charge in [0, 0.05) is 37.8 Å². The molecule has 0 saturated heterocycles. The molecule has 3 atom stereocenters. The van der Waals surface area contributed by atoms with Crippen molar-refractivity contribution in [2.24, 2.45) is 0 Å². The Balaban J connectivity index is 1.58. The van der Waals surface area contributed by atoms with E-state index in [2.05, 4.69) is 36.3 Å². The molecule has 2 aliphatic heterocycles. The molecule has 1 amide bonds. The van der Waals surface area contributed by atoms with Crippen LogP contribution in [-0.2, 0) is 10.2 Å². The minimum absolute atomic E-state index is 0.0466. The highest BCUT2D eigenvalue weighted by Crippen LogP contribution is 2.58. The van der Waals surface area contributed by atoms with Crippen molar-refractivity contribution in [1.29, 1.82) is 0 Å². The Morgan fingerprint density at radius 1 is 1.44 bits per heavy atom. The summed E-state index contributed by atoms with van der Waals surface area (Å²) in [5.41, 5.74) is 2.24. The highest BCUT2D eigenvalue weighted by Gasteiger charge is 2.54. The molecule has 0 aromatic heterocycles. The predicted molar refractivity (Wildman–Crippen MR) is 104 cm³/mol.